The average Bonchev–Trinajstić information content (AvgIpc) is 2.62. The van der Waals surface area contributed by atoms with Gasteiger partial charge >= 0.3 is 19.2 Å². The maximum atomic E-state index is 12.9. The molecule has 0 saturated heterocycles. The fourth-order valence-electron chi connectivity index (χ4n) is 3.02. The Morgan fingerprint density at radius 2 is 1.80 bits per heavy atom. The first-order valence-electron chi connectivity index (χ1n) is 10.2. The molecule has 0 unspecified atom stereocenters. The van der Waals surface area contributed by atoms with E-state index in [0.717, 1.165) is 5.56 Å². The lowest BCUT2D eigenvalue weighted by Crippen LogP contribution is -2.51. The van der Waals surface area contributed by atoms with Crippen molar-refractivity contribution in [2.24, 2.45) is 5.92 Å². The molecular formula is C21H35BN2O6. The third-order valence-corrected chi connectivity index (χ3v) is 4.26. The summed E-state index contributed by atoms with van der Waals surface area (Å²) in [7, 11) is 2.33. The number of nitrogens with one attached hydrogen (secondary N) is 1. The molecule has 30 heavy (non-hydrogen) atoms. The van der Waals surface area contributed by atoms with Crippen LogP contribution in [-0.4, -0.2) is 66.4 Å². The third kappa shape index (κ3) is 11.2. The molecule has 0 aliphatic rings. The second-order valence-electron chi connectivity index (χ2n) is 8.65. The molecule has 0 saturated carbocycles. The van der Waals surface area contributed by atoms with Gasteiger partial charge in [0.2, 0.25) is 0 Å². The van der Waals surface area contributed by atoms with Crippen molar-refractivity contribution in [1.29, 1.82) is 0 Å². The fourth-order valence-corrected chi connectivity index (χ4v) is 3.02. The molecule has 3 N–H and O–H groups in total. The summed E-state index contributed by atoms with van der Waals surface area (Å²) in [5.41, 5.74) is 0.123. The number of carbonyl (C=O) groups excluding carboxylic acids is 2. The molecule has 1 rings (SSSR count). The molecule has 0 aromatic heterocycles. The second kappa shape index (κ2) is 12.6. The SMILES string of the molecule is CN(C)C[C@@H](CCCB(O)O)[C@H](NC(=O)OCc1ccccc1)C(=O)OC(C)(C)C. The molecule has 8 nitrogen and oxygen atoms in total. The van der Waals surface area contributed by atoms with Crippen LogP contribution in [0, 0.1) is 5.92 Å². The number of rotatable bonds is 11. The van der Waals surface area contributed by atoms with Crippen molar-refractivity contribution in [2.75, 3.05) is 20.6 Å². The number of hydrogen-bond donors (Lipinski definition) is 3. The minimum Gasteiger partial charge on any atom is -0.458 e. The summed E-state index contributed by atoms with van der Waals surface area (Å²) in [4.78, 5) is 27.2. The first-order valence-corrected chi connectivity index (χ1v) is 10.2. The van der Waals surface area contributed by atoms with Gasteiger partial charge in [0.05, 0.1) is 0 Å². The Balaban J connectivity index is 2.90. The van der Waals surface area contributed by atoms with E-state index < -0.39 is 30.8 Å². The molecule has 0 radical (unpaired) electrons. The molecule has 0 fully saturated rings. The van der Waals surface area contributed by atoms with Gasteiger partial charge in [0.15, 0.2) is 0 Å². The highest BCUT2D eigenvalue weighted by Crippen LogP contribution is 2.19. The molecule has 0 aliphatic carbocycles. The highest BCUT2D eigenvalue weighted by Gasteiger charge is 2.34. The van der Waals surface area contributed by atoms with Gasteiger partial charge in [0.1, 0.15) is 18.2 Å². The van der Waals surface area contributed by atoms with Crippen molar-refractivity contribution in [3.63, 3.8) is 0 Å². The van der Waals surface area contributed by atoms with Crippen molar-refractivity contribution in [2.45, 2.75) is 58.2 Å². The maximum absolute atomic E-state index is 12.9. The van der Waals surface area contributed by atoms with Gasteiger partial charge in [0, 0.05) is 12.5 Å². The highest BCUT2D eigenvalue weighted by atomic mass is 16.6. The number of hydrogen-bond acceptors (Lipinski definition) is 7. The van der Waals surface area contributed by atoms with Crippen LogP contribution in [0.1, 0.15) is 39.2 Å². The average molecular weight is 422 g/mol. The molecule has 0 bridgehead atoms. The molecular weight excluding hydrogens is 387 g/mol. The van der Waals surface area contributed by atoms with Crippen LogP contribution in [0.5, 0.6) is 0 Å². The van der Waals surface area contributed by atoms with Crippen molar-refractivity contribution in [3.8, 4) is 0 Å². The Labute approximate surface area is 179 Å². The van der Waals surface area contributed by atoms with Crippen molar-refractivity contribution < 1.29 is 29.1 Å². The Kier molecular flexibility index (Phi) is 10.9. The van der Waals surface area contributed by atoms with Crippen LogP contribution in [0.2, 0.25) is 6.32 Å². The first-order chi connectivity index (χ1) is 14.0. The molecule has 2 atom stereocenters. The van der Waals surface area contributed by atoms with Crippen molar-refractivity contribution in [1.82, 2.24) is 10.2 Å². The summed E-state index contributed by atoms with van der Waals surface area (Å²) in [5, 5.41) is 20.9. The van der Waals surface area contributed by atoms with Crippen LogP contribution >= 0.6 is 0 Å². The molecule has 9 heteroatoms. The van der Waals surface area contributed by atoms with E-state index in [1.54, 1.807) is 20.8 Å². The lowest BCUT2D eigenvalue weighted by molar-refractivity contribution is -0.159. The molecule has 1 aromatic rings. The zero-order valence-corrected chi connectivity index (χ0v) is 18.6. The third-order valence-electron chi connectivity index (χ3n) is 4.26. The molecule has 1 aromatic carbocycles. The quantitative estimate of drug-likeness (QED) is 0.370. The molecule has 1 amide bonds. The smallest absolute Gasteiger partial charge is 0.451 e. The van der Waals surface area contributed by atoms with E-state index in [9.17, 15) is 9.59 Å². The number of carbonyl (C=O) groups is 2. The minimum absolute atomic E-state index is 0.0861. The number of ether oxygens (including phenoxy) is 2. The topological polar surface area (TPSA) is 108 Å². The molecule has 0 heterocycles. The minimum atomic E-state index is -1.41. The van der Waals surface area contributed by atoms with Crippen molar-refractivity contribution in [3.05, 3.63) is 35.9 Å². The van der Waals surface area contributed by atoms with E-state index in [1.165, 1.54) is 0 Å². The Morgan fingerprint density at radius 3 is 2.33 bits per heavy atom. The van der Waals surface area contributed by atoms with Gasteiger partial charge < -0.3 is 29.7 Å². The van der Waals surface area contributed by atoms with Crippen LogP contribution in [-0.2, 0) is 20.9 Å². The Morgan fingerprint density at radius 1 is 1.17 bits per heavy atom. The fraction of sp³-hybridized carbons (Fsp3) is 0.619. The highest BCUT2D eigenvalue weighted by molar-refractivity contribution is 6.40. The van der Waals surface area contributed by atoms with Gasteiger partial charge in [-0.15, -0.1) is 0 Å². The van der Waals surface area contributed by atoms with Gasteiger partial charge in [-0.3, -0.25) is 0 Å². The molecule has 0 aliphatic heterocycles. The van der Waals surface area contributed by atoms with Gasteiger partial charge in [-0.25, -0.2) is 9.59 Å². The number of esters is 1. The second-order valence-corrected chi connectivity index (χ2v) is 8.65. The van der Waals surface area contributed by atoms with Gasteiger partial charge in [-0.1, -0.05) is 36.8 Å². The van der Waals surface area contributed by atoms with E-state index in [2.05, 4.69) is 5.32 Å². The normalized spacial score (nSPS) is 13.5. The summed E-state index contributed by atoms with van der Waals surface area (Å²) in [6.07, 6.45) is 0.457. The number of nitrogens with zero attached hydrogens (tertiary/aromatic N) is 1. The van der Waals surface area contributed by atoms with E-state index in [-0.39, 0.29) is 18.8 Å². The zero-order valence-electron chi connectivity index (χ0n) is 18.6. The summed E-state index contributed by atoms with van der Waals surface area (Å²) >= 11 is 0. The first kappa shape index (κ1) is 25.9. The van der Waals surface area contributed by atoms with Crippen LogP contribution in [0.15, 0.2) is 30.3 Å². The lowest BCUT2D eigenvalue weighted by Gasteiger charge is -2.31. The lowest BCUT2D eigenvalue weighted by atomic mass is 9.81. The summed E-state index contributed by atoms with van der Waals surface area (Å²) in [5.74, 6) is -0.839. The summed E-state index contributed by atoms with van der Waals surface area (Å²) in [6.45, 7) is 5.88. The Hall–Kier alpha value is -2.10. The maximum Gasteiger partial charge on any atom is 0.451 e. The largest absolute Gasteiger partial charge is 0.458 e. The predicted molar refractivity (Wildman–Crippen MR) is 116 cm³/mol. The van der Waals surface area contributed by atoms with Gasteiger partial charge in [-0.05, 0) is 53.2 Å². The van der Waals surface area contributed by atoms with Gasteiger partial charge in [-0.2, -0.15) is 0 Å². The number of amides is 1. The monoisotopic (exact) mass is 422 g/mol. The summed E-state index contributed by atoms with van der Waals surface area (Å²) in [6, 6.07) is 8.33. The standard InChI is InChI=1S/C21H35BN2O6/c1-21(2,3)30-19(25)18(17(14-24(4)5)12-9-13-22(27)28)23-20(26)29-15-16-10-7-6-8-11-16/h6-8,10-11,17-18,27-28H,9,12-15H2,1-5H3,(H,23,26)/t17-,18+/m1/s1. The van der Waals surface area contributed by atoms with Crippen LogP contribution in [0.4, 0.5) is 4.79 Å². The number of benzene rings is 1. The van der Waals surface area contributed by atoms with E-state index in [1.807, 2.05) is 49.3 Å². The Bertz CT molecular complexity index is 649. The zero-order chi connectivity index (χ0) is 22.7. The van der Waals surface area contributed by atoms with E-state index in [0.29, 0.717) is 19.4 Å². The van der Waals surface area contributed by atoms with Crippen LogP contribution in [0.3, 0.4) is 0 Å². The van der Waals surface area contributed by atoms with E-state index >= 15 is 0 Å². The molecule has 168 valence electrons. The van der Waals surface area contributed by atoms with Crippen molar-refractivity contribution >= 4 is 19.2 Å². The summed E-state index contributed by atoms with van der Waals surface area (Å²) < 4.78 is 10.8. The molecule has 0 spiro atoms. The predicted octanol–water partition coefficient (Wildman–Crippen LogP) is 2.05. The number of alkyl carbamates (subject to hydrolysis) is 1. The van der Waals surface area contributed by atoms with Crippen LogP contribution in [0.25, 0.3) is 0 Å². The van der Waals surface area contributed by atoms with E-state index in [4.69, 9.17) is 19.5 Å². The van der Waals surface area contributed by atoms with Gasteiger partial charge in [0.25, 0.3) is 0 Å². The van der Waals surface area contributed by atoms with Crippen LogP contribution < -0.4 is 5.32 Å².